The molecule has 0 aromatic heterocycles. The first kappa shape index (κ1) is 31.3. The fourth-order valence-corrected chi connectivity index (χ4v) is 5.61. The largest absolute Gasteiger partial charge is 0.481 e. The Kier molecular flexibility index (Phi) is 9.39. The van der Waals surface area contributed by atoms with E-state index in [1.54, 1.807) is 4.90 Å². The molecule has 1 aliphatic carbocycles. The Labute approximate surface area is 260 Å². The van der Waals surface area contributed by atoms with Gasteiger partial charge in [0.1, 0.15) is 0 Å². The van der Waals surface area contributed by atoms with Crippen LogP contribution in [0.25, 0.3) is 11.1 Å². The molecule has 8 nitrogen and oxygen atoms in total. The van der Waals surface area contributed by atoms with E-state index >= 15 is 0 Å². The van der Waals surface area contributed by atoms with E-state index in [2.05, 4.69) is 61.1 Å². The maximum absolute atomic E-state index is 13.5. The summed E-state index contributed by atoms with van der Waals surface area (Å²) in [6, 6.07) is 22.0. The second-order valence-corrected chi connectivity index (χ2v) is 13.2. The second-order valence-electron chi connectivity index (χ2n) is 13.2. The number of hydrogen-bond donors (Lipinski definition) is 2. The topological polar surface area (TPSA) is 93.2 Å². The van der Waals surface area contributed by atoms with Crippen molar-refractivity contribution in [3.63, 3.8) is 0 Å². The van der Waals surface area contributed by atoms with Gasteiger partial charge in [0.25, 0.3) is 5.91 Å². The minimum absolute atomic E-state index is 0.00490. The highest BCUT2D eigenvalue weighted by Crippen LogP contribution is 2.34. The molecule has 0 unspecified atom stereocenters. The minimum Gasteiger partial charge on any atom is -0.481 e. The lowest BCUT2D eigenvalue weighted by atomic mass is 9.86. The van der Waals surface area contributed by atoms with Crippen LogP contribution in [-0.4, -0.2) is 72.5 Å². The van der Waals surface area contributed by atoms with Crippen molar-refractivity contribution >= 4 is 29.2 Å². The number of carbonyl (C=O) groups is 3. The monoisotopic (exact) mass is 596 g/mol. The number of rotatable bonds is 10. The summed E-state index contributed by atoms with van der Waals surface area (Å²) < 4.78 is 0. The third-order valence-electron chi connectivity index (χ3n) is 8.57. The molecule has 5 rings (SSSR count). The summed E-state index contributed by atoms with van der Waals surface area (Å²) in [6.07, 6.45) is 1.67. The van der Waals surface area contributed by atoms with Gasteiger partial charge in [-0.1, -0.05) is 57.2 Å². The van der Waals surface area contributed by atoms with Gasteiger partial charge >= 0.3 is 5.97 Å². The maximum Gasteiger partial charge on any atom is 0.305 e. The van der Waals surface area contributed by atoms with Gasteiger partial charge in [-0.15, -0.1) is 0 Å². The van der Waals surface area contributed by atoms with Gasteiger partial charge in [-0.25, -0.2) is 0 Å². The number of likely N-dealkylation sites (N-methyl/N-ethyl adjacent to an activating group) is 1. The molecule has 44 heavy (non-hydrogen) atoms. The zero-order valence-corrected chi connectivity index (χ0v) is 26.3. The van der Waals surface area contributed by atoms with Gasteiger partial charge in [0.05, 0.1) is 17.8 Å². The Bertz CT molecular complexity index is 1500. The van der Waals surface area contributed by atoms with E-state index < -0.39 is 5.97 Å². The Hall–Kier alpha value is -4.17. The van der Waals surface area contributed by atoms with Crippen molar-refractivity contribution in [3.8, 4) is 11.1 Å². The molecule has 2 amide bonds. The average Bonchev–Trinajstić information content (AvgIpc) is 3.85. The molecular formula is C36H44N4O4. The Balaban J connectivity index is 1.42. The quantitative estimate of drug-likeness (QED) is 0.304. The van der Waals surface area contributed by atoms with Gasteiger partial charge in [0.15, 0.2) is 0 Å². The molecule has 1 heterocycles. The first-order valence-electron chi connectivity index (χ1n) is 15.6. The van der Waals surface area contributed by atoms with Crippen LogP contribution in [0.4, 0.5) is 11.4 Å². The highest BCUT2D eigenvalue weighted by molar-refractivity contribution is 6.06. The van der Waals surface area contributed by atoms with Crippen LogP contribution in [0.5, 0.6) is 0 Å². The number of carboxylic acids is 1. The number of piperazine rings is 1. The van der Waals surface area contributed by atoms with E-state index in [1.807, 2.05) is 48.5 Å². The highest BCUT2D eigenvalue weighted by atomic mass is 16.4. The molecule has 0 radical (unpaired) electrons. The number of anilines is 2. The first-order valence-corrected chi connectivity index (χ1v) is 15.6. The van der Waals surface area contributed by atoms with Crippen molar-refractivity contribution in [2.24, 2.45) is 5.92 Å². The Morgan fingerprint density at radius 1 is 0.909 bits per heavy atom. The zero-order valence-electron chi connectivity index (χ0n) is 26.3. The smallest absolute Gasteiger partial charge is 0.305 e. The lowest BCUT2D eigenvalue weighted by molar-refractivity contribution is -0.139. The molecule has 232 valence electrons. The third-order valence-corrected chi connectivity index (χ3v) is 8.57. The van der Waals surface area contributed by atoms with Gasteiger partial charge in [-0.3, -0.25) is 14.4 Å². The molecule has 1 saturated carbocycles. The standard InChI is InChI=1S/C36H44N4O4/c1-36(2,3)30-13-10-26(11-14-30)34(43)37-31-23-29(12-15-32(31)39-20-18-38(4)19-21-39)28-7-5-6-25(22-28)24-40(17-16-33(41)42)35(44)27-8-9-27/h5-7,10-15,22-23,27H,8-9,16-21,24H2,1-4H3,(H,37,43)(H,41,42). The average molecular weight is 597 g/mol. The summed E-state index contributed by atoms with van der Waals surface area (Å²) in [5, 5.41) is 12.4. The van der Waals surface area contributed by atoms with Gasteiger partial charge < -0.3 is 25.1 Å². The third kappa shape index (κ3) is 7.85. The van der Waals surface area contributed by atoms with Crippen LogP contribution in [0.2, 0.25) is 0 Å². The molecule has 0 atom stereocenters. The van der Waals surface area contributed by atoms with E-state index in [1.165, 1.54) is 5.56 Å². The number of amides is 2. The molecule has 2 fully saturated rings. The summed E-state index contributed by atoms with van der Waals surface area (Å²) in [7, 11) is 2.12. The summed E-state index contributed by atoms with van der Waals surface area (Å²) >= 11 is 0. The molecule has 1 aliphatic heterocycles. The normalized spacial score (nSPS) is 15.6. The zero-order chi connectivity index (χ0) is 31.4. The van der Waals surface area contributed by atoms with Crippen LogP contribution in [0, 0.1) is 5.92 Å². The Morgan fingerprint density at radius 2 is 1.59 bits per heavy atom. The number of hydrogen-bond acceptors (Lipinski definition) is 5. The molecule has 3 aromatic carbocycles. The summed E-state index contributed by atoms with van der Waals surface area (Å²) in [4.78, 5) is 43.9. The van der Waals surface area contributed by atoms with E-state index in [0.29, 0.717) is 12.1 Å². The van der Waals surface area contributed by atoms with Crippen LogP contribution in [0.1, 0.15) is 61.5 Å². The number of benzene rings is 3. The minimum atomic E-state index is -0.910. The van der Waals surface area contributed by atoms with Gasteiger partial charge in [-0.05, 0) is 77.9 Å². The van der Waals surface area contributed by atoms with E-state index in [9.17, 15) is 19.5 Å². The lowest BCUT2D eigenvalue weighted by Crippen LogP contribution is -2.44. The van der Waals surface area contributed by atoms with Crippen LogP contribution in [0.3, 0.4) is 0 Å². The van der Waals surface area contributed by atoms with E-state index in [0.717, 1.165) is 67.1 Å². The van der Waals surface area contributed by atoms with Gasteiger partial charge in [-0.2, -0.15) is 0 Å². The van der Waals surface area contributed by atoms with Crippen LogP contribution >= 0.6 is 0 Å². The predicted molar refractivity (Wildman–Crippen MR) is 175 cm³/mol. The molecule has 2 aliphatic rings. The number of nitrogens with zero attached hydrogens (tertiary/aromatic N) is 3. The Morgan fingerprint density at radius 3 is 2.23 bits per heavy atom. The van der Waals surface area contributed by atoms with Gasteiger partial charge in [0.2, 0.25) is 5.91 Å². The molecule has 1 saturated heterocycles. The molecule has 0 spiro atoms. The van der Waals surface area contributed by atoms with Crippen molar-refractivity contribution < 1.29 is 19.5 Å². The molecule has 3 aromatic rings. The molecule has 0 bridgehead atoms. The molecule has 2 N–H and O–H groups in total. The molecular weight excluding hydrogens is 552 g/mol. The number of aliphatic carboxylic acids is 1. The van der Waals surface area contributed by atoms with Crippen molar-refractivity contribution in [2.75, 3.05) is 50.0 Å². The predicted octanol–water partition coefficient (Wildman–Crippen LogP) is 5.87. The van der Waals surface area contributed by atoms with Crippen molar-refractivity contribution in [1.82, 2.24) is 9.80 Å². The molecule has 8 heteroatoms. The highest BCUT2D eigenvalue weighted by Gasteiger charge is 2.33. The fraction of sp³-hybridized carbons (Fsp3) is 0.417. The second kappa shape index (κ2) is 13.2. The summed E-state index contributed by atoms with van der Waals surface area (Å²) in [6.45, 7) is 10.7. The maximum atomic E-state index is 13.5. The fourth-order valence-electron chi connectivity index (χ4n) is 5.61. The van der Waals surface area contributed by atoms with Crippen molar-refractivity contribution in [3.05, 3.63) is 83.4 Å². The van der Waals surface area contributed by atoms with E-state index in [-0.39, 0.29) is 36.1 Å². The van der Waals surface area contributed by atoms with Crippen molar-refractivity contribution in [1.29, 1.82) is 0 Å². The first-order chi connectivity index (χ1) is 21.0. The van der Waals surface area contributed by atoms with Crippen molar-refractivity contribution in [2.45, 2.75) is 52.0 Å². The lowest BCUT2D eigenvalue weighted by Gasteiger charge is -2.35. The SMILES string of the molecule is CN1CCN(c2ccc(-c3cccc(CN(CCC(=O)O)C(=O)C4CC4)c3)cc2NC(=O)c2ccc(C(C)(C)C)cc2)CC1. The number of carboxylic acid groups (broad SMARTS) is 1. The summed E-state index contributed by atoms with van der Waals surface area (Å²) in [5.74, 6) is -1.01. The number of nitrogens with one attached hydrogen (secondary N) is 1. The van der Waals surface area contributed by atoms with Crippen LogP contribution in [-0.2, 0) is 21.5 Å². The summed E-state index contributed by atoms with van der Waals surface area (Å²) in [5.41, 5.74) is 6.40. The van der Waals surface area contributed by atoms with Crippen LogP contribution in [0.15, 0.2) is 66.7 Å². The number of carbonyl (C=O) groups excluding carboxylic acids is 2. The van der Waals surface area contributed by atoms with Crippen LogP contribution < -0.4 is 10.2 Å². The van der Waals surface area contributed by atoms with Gasteiger partial charge in [0, 0.05) is 50.7 Å². The van der Waals surface area contributed by atoms with E-state index in [4.69, 9.17) is 0 Å².